The van der Waals surface area contributed by atoms with E-state index in [9.17, 15) is 0 Å². The number of hydrogen-bond acceptors (Lipinski definition) is 3. The fourth-order valence-corrected chi connectivity index (χ4v) is 3.14. The maximum Gasteiger partial charge on any atom is 0.128 e. The van der Waals surface area contributed by atoms with Gasteiger partial charge in [-0.25, -0.2) is 4.99 Å². The quantitative estimate of drug-likeness (QED) is 0.626. The molecule has 1 unspecified atom stereocenters. The van der Waals surface area contributed by atoms with Gasteiger partial charge in [0, 0.05) is 26.8 Å². The Balaban J connectivity index is 1.98. The van der Waals surface area contributed by atoms with E-state index < -0.39 is 0 Å². The highest BCUT2D eigenvalue weighted by atomic mass is 35.5. The Hall–Kier alpha value is -1.85. The van der Waals surface area contributed by atoms with Crippen molar-refractivity contribution in [3.63, 3.8) is 0 Å². The number of aromatic nitrogens is 2. The molecule has 128 valence electrons. The molecule has 1 atom stereocenters. The molecule has 0 N–H and O–H groups in total. The molecule has 3 rings (SSSR count). The number of nitrogens with zero attached hydrogens (tertiary/aromatic N) is 4. The third-order valence-corrected chi connectivity index (χ3v) is 4.64. The molecule has 1 aromatic carbocycles. The van der Waals surface area contributed by atoms with Crippen LogP contribution in [-0.4, -0.2) is 41.2 Å². The van der Waals surface area contributed by atoms with Crippen molar-refractivity contribution in [1.29, 1.82) is 0 Å². The molecule has 1 aliphatic heterocycles. The summed E-state index contributed by atoms with van der Waals surface area (Å²) < 4.78 is 7.71. The van der Waals surface area contributed by atoms with Crippen molar-refractivity contribution >= 4 is 23.6 Å². The molecule has 0 radical (unpaired) electrons. The van der Waals surface area contributed by atoms with Crippen LogP contribution in [-0.2, 0) is 18.2 Å². The zero-order valence-corrected chi connectivity index (χ0v) is 15.3. The largest absolute Gasteiger partial charge is 0.367 e. The van der Waals surface area contributed by atoms with E-state index in [1.165, 1.54) is 5.56 Å². The van der Waals surface area contributed by atoms with Gasteiger partial charge in [-0.05, 0) is 43.0 Å². The second kappa shape index (κ2) is 6.95. The number of rotatable bonds is 4. The van der Waals surface area contributed by atoms with Crippen molar-refractivity contribution in [2.24, 2.45) is 12.0 Å². The highest BCUT2D eigenvalue weighted by Crippen LogP contribution is 2.38. The summed E-state index contributed by atoms with van der Waals surface area (Å²) in [5.41, 5.74) is 5.30. The Labute approximate surface area is 147 Å². The van der Waals surface area contributed by atoms with Crippen LogP contribution in [0.2, 0.25) is 5.02 Å². The van der Waals surface area contributed by atoms with Gasteiger partial charge in [-0.2, -0.15) is 5.10 Å². The number of aliphatic imine (C=N–C) groups is 1. The Morgan fingerprint density at radius 2 is 2.29 bits per heavy atom. The summed E-state index contributed by atoms with van der Waals surface area (Å²) in [5.74, 6) is 0. The average molecular weight is 347 g/mol. The lowest BCUT2D eigenvalue weighted by Gasteiger charge is -2.26. The standard InChI is InChI=1S/C18H23ClN4O/c1-5-22(3)11-20-16-9-13-6-7-24-18(14(13)8-12(16)2)17-15(19)10-23(4)21-17/h8-11,18H,5-7H2,1-4H3/b20-11+. The summed E-state index contributed by atoms with van der Waals surface area (Å²) >= 11 is 6.32. The summed E-state index contributed by atoms with van der Waals surface area (Å²) in [7, 11) is 3.89. The van der Waals surface area contributed by atoms with E-state index in [1.807, 2.05) is 20.4 Å². The van der Waals surface area contributed by atoms with Crippen LogP contribution in [0.25, 0.3) is 0 Å². The zero-order chi connectivity index (χ0) is 17.3. The molecular weight excluding hydrogens is 324 g/mol. The Kier molecular flexibility index (Phi) is 4.92. The number of fused-ring (bicyclic) bond motifs is 1. The molecule has 2 aromatic rings. The molecule has 0 fully saturated rings. The van der Waals surface area contributed by atoms with Gasteiger partial charge >= 0.3 is 0 Å². The SMILES string of the molecule is CCN(C)/C=N/c1cc2c(cc1C)C(c1nn(C)cc1Cl)OCC2. The first-order valence-electron chi connectivity index (χ1n) is 8.18. The van der Waals surface area contributed by atoms with Crippen molar-refractivity contribution in [3.05, 3.63) is 45.7 Å². The van der Waals surface area contributed by atoms with Gasteiger partial charge < -0.3 is 9.64 Å². The monoisotopic (exact) mass is 346 g/mol. The summed E-state index contributed by atoms with van der Waals surface area (Å²) in [6.07, 6.45) is 4.35. The molecule has 2 heterocycles. The summed E-state index contributed by atoms with van der Waals surface area (Å²) in [4.78, 5) is 6.67. The van der Waals surface area contributed by atoms with Gasteiger partial charge in [0.1, 0.15) is 11.8 Å². The molecule has 0 spiro atoms. The van der Waals surface area contributed by atoms with E-state index in [0.29, 0.717) is 11.6 Å². The number of halogens is 1. The van der Waals surface area contributed by atoms with Crippen LogP contribution >= 0.6 is 11.6 Å². The third-order valence-electron chi connectivity index (χ3n) is 4.35. The van der Waals surface area contributed by atoms with Crippen LogP contribution in [0.3, 0.4) is 0 Å². The van der Waals surface area contributed by atoms with Gasteiger partial charge in [-0.15, -0.1) is 0 Å². The molecule has 1 aromatic heterocycles. The first kappa shape index (κ1) is 17.0. The lowest BCUT2D eigenvalue weighted by Crippen LogP contribution is -2.18. The molecular formula is C18H23ClN4O. The number of benzene rings is 1. The Bertz CT molecular complexity index is 769. The van der Waals surface area contributed by atoms with Crippen molar-refractivity contribution in [1.82, 2.24) is 14.7 Å². The second-order valence-corrected chi connectivity index (χ2v) is 6.60. The highest BCUT2D eigenvalue weighted by Gasteiger charge is 2.27. The summed E-state index contributed by atoms with van der Waals surface area (Å²) in [6.45, 7) is 5.77. The fourth-order valence-electron chi connectivity index (χ4n) is 2.86. The smallest absolute Gasteiger partial charge is 0.128 e. The normalized spacial score (nSPS) is 17.3. The lowest BCUT2D eigenvalue weighted by molar-refractivity contribution is 0.0667. The van der Waals surface area contributed by atoms with Crippen LogP contribution in [0.4, 0.5) is 5.69 Å². The first-order chi connectivity index (χ1) is 11.5. The van der Waals surface area contributed by atoms with Crippen LogP contribution in [0.1, 0.15) is 35.4 Å². The van der Waals surface area contributed by atoms with Crippen LogP contribution < -0.4 is 0 Å². The van der Waals surface area contributed by atoms with E-state index in [-0.39, 0.29) is 6.10 Å². The van der Waals surface area contributed by atoms with Crippen molar-refractivity contribution in [2.75, 3.05) is 20.2 Å². The van der Waals surface area contributed by atoms with E-state index in [4.69, 9.17) is 16.3 Å². The van der Waals surface area contributed by atoms with E-state index in [0.717, 1.165) is 35.5 Å². The predicted octanol–water partition coefficient (Wildman–Crippen LogP) is 3.66. The molecule has 6 heteroatoms. The van der Waals surface area contributed by atoms with Gasteiger partial charge in [0.2, 0.25) is 0 Å². The topological polar surface area (TPSA) is 42.7 Å². The second-order valence-electron chi connectivity index (χ2n) is 6.19. The number of aryl methyl sites for hydroxylation is 2. The van der Waals surface area contributed by atoms with E-state index in [2.05, 4.69) is 41.0 Å². The van der Waals surface area contributed by atoms with Crippen LogP contribution in [0.15, 0.2) is 23.3 Å². The lowest BCUT2D eigenvalue weighted by atomic mass is 9.93. The van der Waals surface area contributed by atoms with Gasteiger partial charge in [0.25, 0.3) is 0 Å². The Morgan fingerprint density at radius 3 is 2.96 bits per heavy atom. The molecule has 0 saturated carbocycles. The third kappa shape index (κ3) is 3.32. The predicted molar refractivity (Wildman–Crippen MR) is 97.4 cm³/mol. The first-order valence-corrected chi connectivity index (χ1v) is 8.56. The summed E-state index contributed by atoms with van der Waals surface area (Å²) in [6, 6.07) is 4.32. The minimum absolute atomic E-state index is 0.211. The molecule has 5 nitrogen and oxygen atoms in total. The number of hydrogen-bond donors (Lipinski definition) is 0. The van der Waals surface area contributed by atoms with Crippen LogP contribution in [0, 0.1) is 6.92 Å². The summed E-state index contributed by atoms with van der Waals surface area (Å²) in [5, 5.41) is 5.12. The molecule has 0 amide bonds. The van der Waals surface area contributed by atoms with Gasteiger partial charge in [-0.1, -0.05) is 17.7 Å². The minimum atomic E-state index is -0.211. The van der Waals surface area contributed by atoms with E-state index >= 15 is 0 Å². The number of ether oxygens (including phenoxy) is 1. The molecule has 24 heavy (non-hydrogen) atoms. The highest BCUT2D eigenvalue weighted by molar-refractivity contribution is 6.31. The molecule has 0 bridgehead atoms. The Morgan fingerprint density at radius 1 is 1.50 bits per heavy atom. The van der Waals surface area contributed by atoms with E-state index in [1.54, 1.807) is 10.9 Å². The zero-order valence-electron chi connectivity index (χ0n) is 14.6. The van der Waals surface area contributed by atoms with Crippen LogP contribution in [0.5, 0.6) is 0 Å². The fraction of sp³-hybridized carbons (Fsp3) is 0.444. The van der Waals surface area contributed by atoms with Crippen molar-refractivity contribution in [2.45, 2.75) is 26.4 Å². The molecule has 0 aliphatic carbocycles. The van der Waals surface area contributed by atoms with Crippen molar-refractivity contribution in [3.8, 4) is 0 Å². The minimum Gasteiger partial charge on any atom is -0.367 e. The van der Waals surface area contributed by atoms with Gasteiger partial charge in [0.15, 0.2) is 0 Å². The molecule has 0 saturated heterocycles. The molecule has 1 aliphatic rings. The van der Waals surface area contributed by atoms with Gasteiger partial charge in [0.05, 0.1) is 23.7 Å². The maximum absolute atomic E-state index is 6.32. The maximum atomic E-state index is 6.32. The van der Waals surface area contributed by atoms with Gasteiger partial charge in [-0.3, -0.25) is 4.68 Å². The van der Waals surface area contributed by atoms with Crippen molar-refractivity contribution < 1.29 is 4.74 Å². The average Bonchev–Trinajstić information content (AvgIpc) is 2.90.